The molecule has 4 nitrogen and oxygen atoms in total. The van der Waals surface area contributed by atoms with E-state index in [1.165, 1.54) is 0 Å². The van der Waals surface area contributed by atoms with E-state index in [2.05, 4.69) is 4.98 Å². The summed E-state index contributed by atoms with van der Waals surface area (Å²) in [6, 6.07) is 1.57. The van der Waals surface area contributed by atoms with Gasteiger partial charge in [0.1, 0.15) is 5.69 Å². The summed E-state index contributed by atoms with van der Waals surface area (Å²) in [5.41, 5.74) is -2.45. The lowest BCUT2D eigenvalue weighted by Crippen LogP contribution is -2.20. The third kappa shape index (κ3) is 2.30. The number of carbonyl (C=O) groups excluding carboxylic acids is 1. The molecule has 0 aromatic carbocycles. The topological polar surface area (TPSA) is 67.3 Å². The first kappa shape index (κ1) is 11.2. The number of aliphatic carboxylic acids is 1. The molecule has 0 saturated heterocycles. The molecule has 1 aromatic heterocycles. The van der Waals surface area contributed by atoms with E-state index in [0.717, 1.165) is 12.3 Å². The highest BCUT2D eigenvalue weighted by Crippen LogP contribution is 2.30. The minimum Gasteiger partial charge on any atom is -0.475 e. The Kier molecular flexibility index (Phi) is 2.74. The van der Waals surface area contributed by atoms with Crippen molar-refractivity contribution in [1.82, 2.24) is 4.98 Å². The van der Waals surface area contributed by atoms with Crippen LogP contribution in [0.2, 0.25) is 0 Å². The molecule has 0 aliphatic heterocycles. The molecule has 0 bridgehead atoms. The molecular weight excluding hydrogens is 215 g/mol. The van der Waals surface area contributed by atoms with Gasteiger partial charge in [0, 0.05) is 6.20 Å². The summed E-state index contributed by atoms with van der Waals surface area (Å²) in [5, 5.41) is 8.27. The van der Waals surface area contributed by atoms with E-state index in [4.69, 9.17) is 5.11 Å². The maximum Gasteiger partial charge on any atom is 0.418 e. The number of alkyl halides is 3. The van der Waals surface area contributed by atoms with E-state index >= 15 is 0 Å². The Morgan fingerprint density at radius 1 is 1.33 bits per heavy atom. The van der Waals surface area contributed by atoms with Gasteiger partial charge in [-0.25, -0.2) is 4.79 Å². The molecule has 0 aliphatic carbocycles. The van der Waals surface area contributed by atoms with Gasteiger partial charge < -0.3 is 5.11 Å². The fourth-order valence-corrected chi connectivity index (χ4v) is 0.916. The lowest BCUT2D eigenvalue weighted by atomic mass is 10.1. The second-order valence-electron chi connectivity index (χ2n) is 2.53. The van der Waals surface area contributed by atoms with Crippen LogP contribution in [0.3, 0.4) is 0 Å². The van der Waals surface area contributed by atoms with Gasteiger partial charge in [-0.2, -0.15) is 13.2 Å². The van der Waals surface area contributed by atoms with Crippen molar-refractivity contribution in [3.63, 3.8) is 0 Å². The number of carbonyl (C=O) groups is 2. The van der Waals surface area contributed by atoms with Crippen molar-refractivity contribution in [2.24, 2.45) is 0 Å². The first-order valence-electron chi connectivity index (χ1n) is 3.64. The van der Waals surface area contributed by atoms with Gasteiger partial charge in [0.2, 0.25) is 0 Å². The summed E-state index contributed by atoms with van der Waals surface area (Å²) < 4.78 is 36.9. The third-order valence-corrected chi connectivity index (χ3v) is 1.52. The lowest BCUT2D eigenvalue weighted by molar-refractivity contribution is -0.138. The molecule has 7 heteroatoms. The molecule has 15 heavy (non-hydrogen) atoms. The second kappa shape index (κ2) is 3.68. The summed E-state index contributed by atoms with van der Waals surface area (Å²) >= 11 is 0. The number of nitrogens with zero attached hydrogens (tertiary/aromatic N) is 1. The fourth-order valence-electron chi connectivity index (χ4n) is 0.916. The van der Waals surface area contributed by atoms with Crippen LogP contribution in [0.5, 0.6) is 0 Å². The van der Waals surface area contributed by atoms with Gasteiger partial charge in [-0.3, -0.25) is 9.78 Å². The average molecular weight is 219 g/mol. The van der Waals surface area contributed by atoms with Gasteiger partial charge in [0.25, 0.3) is 5.78 Å². The highest BCUT2D eigenvalue weighted by atomic mass is 19.4. The van der Waals surface area contributed by atoms with Crippen LogP contribution in [0.15, 0.2) is 18.3 Å². The number of hydrogen-bond acceptors (Lipinski definition) is 3. The lowest BCUT2D eigenvalue weighted by Gasteiger charge is -2.08. The van der Waals surface area contributed by atoms with Crippen molar-refractivity contribution in [3.05, 3.63) is 29.6 Å². The standard InChI is InChI=1S/C8H4F3NO3/c9-8(10,11)4-2-1-3-12-5(4)6(13)7(14)15/h1-3H,(H,14,15). The van der Waals surface area contributed by atoms with Crippen LogP contribution in [0.1, 0.15) is 16.1 Å². The van der Waals surface area contributed by atoms with Crippen LogP contribution in [-0.2, 0) is 11.0 Å². The number of aromatic nitrogens is 1. The van der Waals surface area contributed by atoms with Crippen molar-refractivity contribution in [2.75, 3.05) is 0 Å². The quantitative estimate of drug-likeness (QED) is 0.602. The van der Waals surface area contributed by atoms with E-state index in [1.54, 1.807) is 0 Å². The number of halogens is 3. The Hall–Kier alpha value is -1.92. The predicted octanol–water partition coefficient (Wildman–Crippen LogP) is 1.37. The maximum atomic E-state index is 12.3. The van der Waals surface area contributed by atoms with Crippen molar-refractivity contribution < 1.29 is 27.9 Å². The number of Topliss-reactive ketones (excluding diaryl/α,β-unsaturated/α-hetero) is 1. The number of rotatable bonds is 2. The summed E-state index contributed by atoms with van der Waals surface area (Å²) in [7, 11) is 0. The Labute approximate surface area is 81.4 Å². The molecule has 1 rings (SSSR count). The average Bonchev–Trinajstić information content (AvgIpc) is 2.15. The van der Waals surface area contributed by atoms with Crippen LogP contribution in [0.4, 0.5) is 13.2 Å². The van der Waals surface area contributed by atoms with Crippen molar-refractivity contribution in [1.29, 1.82) is 0 Å². The van der Waals surface area contributed by atoms with Gasteiger partial charge in [-0.05, 0) is 12.1 Å². The number of carboxylic acids is 1. The molecule has 1 heterocycles. The summed E-state index contributed by atoms with van der Waals surface area (Å²) in [6.45, 7) is 0. The second-order valence-corrected chi connectivity index (χ2v) is 2.53. The molecule has 0 aliphatic rings. The highest BCUT2D eigenvalue weighted by molar-refractivity contribution is 6.39. The zero-order valence-electron chi connectivity index (χ0n) is 7.08. The molecule has 0 amide bonds. The van der Waals surface area contributed by atoms with Gasteiger partial charge in [-0.15, -0.1) is 0 Å². The first-order chi connectivity index (χ1) is 6.84. The van der Waals surface area contributed by atoms with E-state index < -0.39 is 29.2 Å². The third-order valence-electron chi connectivity index (χ3n) is 1.52. The predicted molar refractivity (Wildman–Crippen MR) is 41.2 cm³/mol. The number of carboxylic acid groups (broad SMARTS) is 1. The zero-order valence-corrected chi connectivity index (χ0v) is 7.08. The number of ketones is 1. The van der Waals surface area contributed by atoms with Crippen LogP contribution in [0.25, 0.3) is 0 Å². The van der Waals surface area contributed by atoms with Crippen molar-refractivity contribution in [2.45, 2.75) is 6.18 Å². The monoisotopic (exact) mass is 219 g/mol. The van der Waals surface area contributed by atoms with E-state index in [-0.39, 0.29) is 0 Å². The zero-order chi connectivity index (χ0) is 11.6. The Bertz CT molecular complexity index is 414. The van der Waals surface area contributed by atoms with Crippen LogP contribution in [0, 0.1) is 0 Å². The van der Waals surface area contributed by atoms with E-state index in [9.17, 15) is 22.8 Å². The van der Waals surface area contributed by atoms with E-state index in [1.807, 2.05) is 0 Å². The normalized spacial score (nSPS) is 11.1. The minimum absolute atomic E-state index is 0.600. The Morgan fingerprint density at radius 2 is 1.93 bits per heavy atom. The Morgan fingerprint density at radius 3 is 2.40 bits per heavy atom. The van der Waals surface area contributed by atoms with Gasteiger partial charge >= 0.3 is 12.1 Å². The summed E-state index contributed by atoms with van der Waals surface area (Å²) in [4.78, 5) is 24.2. The molecule has 0 atom stereocenters. The molecular formula is C8H4F3NO3. The van der Waals surface area contributed by atoms with Crippen molar-refractivity contribution in [3.8, 4) is 0 Å². The molecule has 1 N–H and O–H groups in total. The first-order valence-corrected chi connectivity index (χ1v) is 3.64. The molecule has 0 spiro atoms. The van der Waals surface area contributed by atoms with Crippen LogP contribution >= 0.6 is 0 Å². The maximum absolute atomic E-state index is 12.3. The summed E-state index contributed by atoms with van der Waals surface area (Å²) in [6.07, 6.45) is -3.87. The molecule has 0 fully saturated rings. The molecule has 0 unspecified atom stereocenters. The van der Waals surface area contributed by atoms with Crippen molar-refractivity contribution >= 4 is 11.8 Å². The highest BCUT2D eigenvalue weighted by Gasteiger charge is 2.37. The van der Waals surface area contributed by atoms with E-state index in [0.29, 0.717) is 6.07 Å². The smallest absolute Gasteiger partial charge is 0.418 e. The molecule has 0 saturated carbocycles. The SMILES string of the molecule is O=C(O)C(=O)c1ncccc1C(F)(F)F. The molecule has 1 aromatic rings. The Balaban J connectivity index is 3.31. The molecule has 80 valence electrons. The largest absolute Gasteiger partial charge is 0.475 e. The van der Waals surface area contributed by atoms with Gasteiger partial charge in [0.05, 0.1) is 5.56 Å². The number of hydrogen-bond donors (Lipinski definition) is 1. The van der Waals surface area contributed by atoms with Gasteiger partial charge in [-0.1, -0.05) is 0 Å². The minimum atomic E-state index is -4.80. The number of pyridine rings is 1. The van der Waals surface area contributed by atoms with Crippen LogP contribution in [-0.4, -0.2) is 21.8 Å². The van der Waals surface area contributed by atoms with Gasteiger partial charge in [0.15, 0.2) is 0 Å². The molecule has 0 radical (unpaired) electrons. The fraction of sp³-hybridized carbons (Fsp3) is 0.125. The summed E-state index contributed by atoms with van der Waals surface area (Å²) in [5.74, 6) is -3.65. The van der Waals surface area contributed by atoms with Crippen LogP contribution < -0.4 is 0 Å².